The van der Waals surface area contributed by atoms with Gasteiger partial charge in [0.15, 0.2) is 0 Å². The fraction of sp³-hybridized carbons (Fsp3) is 0.625. The minimum absolute atomic E-state index is 0.383. The van der Waals surface area contributed by atoms with Crippen molar-refractivity contribution in [3.05, 3.63) is 35.4 Å². The van der Waals surface area contributed by atoms with Crippen molar-refractivity contribution >= 4 is 0 Å². The van der Waals surface area contributed by atoms with Gasteiger partial charge < -0.3 is 5.11 Å². The Balaban J connectivity index is 2.24. The molecule has 1 N–H and O–H groups in total. The standard InChI is InChI=1S/C16H24O/c1-13-6-4-7-14(12-13)16(17)9-5-8-15(2,3)10-11-16/h4,6-7,12,17H,5,8-11H2,1-3H3. The Hall–Kier alpha value is -0.820. The minimum Gasteiger partial charge on any atom is -0.385 e. The van der Waals surface area contributed by atoms with Crippen LogP contribution >= 0.6 is 0 Å². The SMILES string of the molecule is Cc1cccc(C2(O)CCCC(C)(C)CC2)c1. The van der Waals surface area contributed by atoms with Crippen molar-refractivity contribution in [2.24, 2.45) is 5.41 Å². The van der Waals surface area contributed by atoms with Crippen LogP contribution in [0.25, 0.3) is 0 Å². The third-order valence-electron chi connectivity index (χ3n) is 4.21. The fourth-order valence-electron chi connectivity index (χ4n) is 2.88. The van der Waals surface area contributed by atoms with Crippen LogP contribution in [0.5, 0.6) is 0 Å². The van der Waals surface area contributed by atoms with Crippen LogP contribution in [-0.2, 0) is 5.60 Å². The van der Waals surface area contributed by atoms with Crippen molar-refractivity contribution in [1.29, 1.82) is 0 Å². The summed E-state index contributed by atoms with van der Waals surface area (Å²) in [6.07, 6.45) is 5.25. The van der Waals surface area contributed by atoms with E-state index in [1.165, 1.54) is 12.0 Å². The van der Waals surface area contributed by atoms with E-state index in [2.05, 4.69) is 45.0 Å². The lowest BCUT2D eigenvalue weighted by Gasteiger charge is -2.28. The van der Waals surface area contributed by atoms with Crippen molar-refractivity contribution in [2.75, 3.05) is 0 Å². The molecule has 0 aliphatic heterocycles. The van der Waals surface area contributed by atoms with Crippen LogP contribution in [0.1, 0.15) is 57.1 Å². The molecule has 94 valence electrons. The van der Waals surface area contributed by atoms with E-state index in [-0.39, 0.29) is 0 Å². The molecule has 17 heavy (non-hydrogen) atoms. The van der Waals surface area contributed by atoms with E-state index in [1.807, 2.05) is 0 Å². The highest BCUT2D eigenvalue weighted by Crippen LogP contribution is 2.42. The Morgan fingerprint density at radius 2 is 1.82 bits per heavy atom. The summed E-state index contributed by atoms with van der Waals surface area (Å²) in [6, 6.07) is 8.36. The highest BCUT2D eigenvalue weighted by atomic mass is 16.3. The number of hydrogen-bond donors (Lipinski definition) is 1. The van der Waals surface area contributed by atoms with E-state index < -0.39 is 5.60 Å². The molecule has 1 aromatic carbocycles. The van der Waals surface area contributed by atoms with Gasteiger partial charge in [-0.25, -0.2) is 0 Å². The van der Waals surface area contributed by atoms with Crippen LogP contribution in [0.4, 0.5) is 0 Å². The van der Waals surface area contributed by atoms with Gasteiger partial charge in [-0.05, 0) is 50.0 Å². The zero-order valence-electron chi connectivity index (χ0n) is 11.3. The molecule has 0 aromatic heterocycles. The molecule has 2 rings (SSSR count). The molecule has 1 aliphatic rings. The van der Waals surface area contributed by atoms with E-state index in [4.69, 9.17) is 0 Å². The van der Waals surface area contributed by atoms with Gasteiger partial charge in [-0.3, -0.25) is 0 Å². The van der Waals surface area contributed by atoms with Gasteiger partial charge in [0.2, 0.25) is 0 Å². The molecule has 1 heteroatoms. The second-order valence-electron chi connectivity index (χ2n) is 6.42. The maximum absolute atomic E-state index is 10.9. The summed E-state index contributed by atoms with van der Waals surface area (Å²) in [4.78, 5) is 0. The zero-order valence-corrected chi connectivity index (χ0v) is 11.3. The number of rotatable bonds is 1. The van der Waals surface area contributed by atoms with Crippen LogP contribution in [-0.4, -0.2) is 5.11 Å². The highest BCUT2D eigenvalue weighted by Gasteiger charge is 2.35. The van der Waals surface area contributed by atoms with Crippen LogP contribution < -0.4 is 0 Å². The van der Waals surface area contributed by atoms with Crippen molar-refractivity contribution in [2.45, 2.75) is 58.5 Å². The molecule has 1 fully saturated rings. The molecule has 0 saturated heterocycles. The molecule has 1 aliphatic carbocycles. The van der Waals surface area contributed by atoms with Crippen molar-refractivity contribution in [3.8, 4) is 0 Å². The average Bonchev–Trinajstić information content (AvgIpc) is 2.39. The molecular weight excluding hydrogens is 208 g/mol. The van der Waals surface area contributed by atoms with Gasteiger partial charge in [0, 0.05) is 0 Å². The third kappa shape index (κ3) is 2.90. The topological polar surface area (TPSA) is 20.2 Å². The Morgan fingerprint density at radius 3 is 2.53 bits per heavy atom. The molecule has 1 saturated carbocycles. The molecule has 0 radical (unpaired) electrons. The Bertz CT molecular complexity index is 394. The maximum Gasteiger partial charge on any atom is 0.0896 e. The van der Waals surface area contributed by atoms with Gasteiger partial charge in [-0.15, -0.1) is 0 Å². The van der Waals surface area contributed by atoms with E-state index in [0.717, 1.165) is 31.2 Å². The Labute approximate surface area is 105 Å². The predicted octanol–water partition coefficient (Wildman–Crippen LogP) is 4.17. The molecular formula is C16H24O. The van der Waals surface area contributed by atoms with Crippen molar-refractivity contribution in [1.82, 2.24) is 0 Å². The monoisotopic (exact) mass is 232 g/mol. The first-order valence-electron chi connectivity index (χ1n) is 6.71. The van der Waals surface area contributed by atoms with Gasteiger partial charge in [0.1, 0.15) is 0 Å². The molecule has 0 bridgehead atoms. The Morgan fingerprint density at radius 1 is 1.06 bits per heavy atom. The second kappa shape index (κ2) is 4.45. The summed E-state index contributed by atoms with van der Waals surface area (Å²) in [5.41, 5.74) is 2.13. The molecule has 0 spiro atoms. The zero-order chi connectivity index (χ0) is 12.5. The molecule has 1 unspecified atom stereocenters. The van der Waals surface area contributed by atoms with Crippen molar-refractivity contribution < 1.29 is 5.11 Å². The lowest BCUT2D eigenvalue weighted by molar-refractivity contribution is 0.0180. The lowest BCUT2D eigenvalue weighted by atomic mass is 9.82. The first kappa shape index (κ1) is 12.6. The molecule has 1 aromatic rings. The highest BCUT2D eigenvalue weighted by molar-refractivity contribution is 5.27. The summed E-state index contributed by atoms with van der Waals surface area (Å²) < 4.78 is 0. The lowest BCUT2D eigenvalue weighted by Crippen LogP contribution is -2.25. The first-order valence-corrected chi connectivity index (χ1v) is 6.71. The predicted molar refractivity (Wildman–Crippen MR) is 71.9 cm³/mol. The quantitative estimate of drug-likeness (QED) is 0.720. The fourth-order valence-corrected chi connectivity index (χ4v) is 2.88. The summed E-state index contributed by atoms with van der Waals surface area (Å²) >= 11 is 0. The number of hydrogen-bond acceptors (Lipinski definition) is 1. The summed E-state index contributed by atoms with van der Waals surface area (Å²) in [5.74, 6) is 0. The van der Waals surface area contributed by atoms with E-state index >= 15 is 0 Å². The second-order valence-corrected chi connectivity index (χ2v) is 6.42. The van der Waals surface area contributed by atoms with Crippen LogP contribution in [0.2, 0.25) is 0 Å². The third-order valence-corrected chi connectivity index (χ3v) is 4.21. The number of aryl methyl sites for hydroxylation is 1. The molecule has 0 amide bonds. The summed E-state index contributed by atoms with van der Waals surface area (Å²) in [5, 5.41) is 10.9. The van der Waals surface area contributed by atoms with Crippen LogP contribution in [0, 0.1) is 12.3 Å². The smallest absolute Gasteiger partial charge is 0.0896 e. The summed E-state index contributed by atoms with van der Waals surface area (Å²) in [6.45, 7) is 6.72. The normalized spacial score (nSPS) is 28.7. The van der Waals surface area contributed by atoms with Gasteiger partial charge in [-0.2, -0.15) is 0 Å². The minimum atomic E-state index is -0.597. The molecule has 1 atom stereocenters. The summed E-state index contributed by atoms with van der Waals surface area (Å²) in [7, 11) is 0. The molecule has 1 nitrogen and oxygen atoms in total. The number of benzene rings is 1. The maximum atomic E-state index is 10.9. The first-order chi connectivity index (χ1) is 7.91. The van der Waals surface area contributed by atoms with E-state index in [9.17, 15) is 5.11 Å². The van der Waals surface area contributed by atoms with Crippen molar-refractivity contribution in [3.63, 3.8) is 0 Å². The van der Waals surface area contributed by atoms with E-state index in [1.54, 1.807) is 0 Å². The van der Waals surface area contributed by atoms with Crippen LogP contribution in [0.3, 0.4) is 0 Å². The van der Waals surface area contributed by atoms with Crippen LogP contribution in [0.15, 0.2) is 24.3 Å². The number of aliphatic hydroxyl groups is 1. The van der Waals surface area contributed by atoms with Gasteiger partial charge in [0.05, 0.1) is 5.60 Å². The van der Waals surface area contributed by atoms with Gasteiger partial charge >= 0.3 is 0 Å². The van der Waals surface area contributed by atoms with Gasteiger partial charge in [-0.1, -0.05) is 43.7 Å². The van der Waals surface area contributed by atoms with Gasteiger partial charge in [0.25, 0.3) is 0 Å². The van der Waals surface area contributed by atoms with E-state index in [0.29, 0.717) is 5.41 Å². The average molecular weight is 232 g/mol. The largest absolute Gasteiger partial charge is 0.385 e. The molecule has 0 heterocycles. The Kier molecular flexibility index (Phi) is 3.31.